The zero-order chi connectivity index (χ0) is 25.1. The quantitative estimate of drug-likeness (QED) is 0.102. The fourth-order valence-corrected chi connectivity index (χ4v) is 5.61. The first-order valence-electron chi connectivity index (χ1n) is 10.9. The van der Waals surface area contributed by atoms with Crippen LogP contribution in [0.25, 0.3) is 0 Å². The van der Waals surface area contributed by atoms with Gasteiger partial charge in [-0.25, -0.2) is 0 Å². The Hall–Kier alpha value is -0.660. The number of thioether (sulfide) groups is 3. The van der Waals surface area contributed by atoms with Crippen LogP contribution in [0.1, 0.15) is 32.6 Å². The Bertz CT molecular complexity index is 533. The molecule has 2 unspecified atom stereocenters. The van der Waals surface area contributed by atoms with Gasteiger partial charge < -0.3 is 30.3 Å². The molecule has 0 aromatic rings. The molecule has 0 aromatic carbocycles. The van der Waals surface area contributed by atoms with Crippen LogP contribution in [0, 0.1) is 17.3 Å². The lowest BCUT2D eigenvalue weighted by atomic mass is 9.72. The molecule has 12 heteroatoms. The molecule has 0 spiro atoms. The van der Waals surface area contributed by atoms with E-state index in [4.69, 9.17) is 20.1 Å². The first-order chi connectivity index (χ1) is 15.7. The number of carbonyl (C=O) groups is 3. The fraction of sp³-hybridized carbons (Fsp3) is 0.857. The van der Waals surface area contributed by atoms with Gasteiger partial charge in [0.05, 0.1) is 44.7 Å². The molecule has 0 saturated carbocycles. The van der Waals surface area contributed by atoms with Gasteiger partial charge in [-0.15, -0.1) is 0 Å². The van der Waals surface area contributed by atoms with Gasteiger partial charge in [0.2, 0.25) is 0 Å². The molecule has 5 N–H and O–H groups in total. The zero-order valence-corrected chi connectivity index (χ0v) is 21.6. The molecule has 33 heavy (non-hydrogen) atoms. The number of aliphatic carboxylic acids is 2. The van der Waals surface area contributed by atoms with E-state index in [0.717, 1.165) is 0 Å². The van der Waals surface area contributed by atoms with Crippen LogP contribution in [0.4, 0.5) is 0 Å². The van der Waals surface area contributed by atoms with Crippen molar-refractivity contribution in [2.75, 3.05) is 60.9 Å². The molecule has 0 aliphatic carbocycles. The second-order valence-electron chi connectivity index (χ2n) is 7.68. The summed E-state index contributed by atoms with van der Waals surface area (Å²) < 4.78 is 5.50. The predicted molar refractivity (Wildman–Crippen MR) is 133 cm³/mol. The zero-order valence-electron chi connectivity index (χ0n) is 19.1. The number of rotatable bonds is 22. The molecule has 194 valence electrons. The summed E-state index contributed by atoms with van der Waals surface area (Å²) in [6.07, 6.45) is 0.882. The van der Waals surface area contributed by atoms with Crippen LogP contribution in [-0.2, 0) is 19.1 Å². The largest absolute Gasteiger partial charge is 0.481 e. The minimum Gasteiger partial charge on any atom is -0.481 e. The van der Waals surface area contributed by atoms with Crippen molar-refractivity contribution < 1.29 is 44.7 Å². The summed E-state index contributed by atoms with van der Waals surface area (Å²) in [6, 6.07) is 0. The Balaban J connectivity index is 5.49. The fourth-order valence-electron chi connectivity index (χ4n) is 3.28. The minimum atomic E-state index is -1.01. The van der Waals surface area contributed by atoms with Crippen molar-refractivity contribution in [3.63, 3.8) is 0 Å². The van der Waals surface area contributed by atoms with Gasteiger partial charge in [0, 0.05) is 39.9 Å². The third-order valence-electron chi connectivity index (χ3n) is 5.14. The minimum absolute atomic E-state index is 0.0222. The Morgan fingerprint density at radius 3 is 1.64 bits per heavy atom. The first-order valence-corrected chi connectivity index (χ1v) is 14.4. The van der Waals surface area contributed by atoms with Crippen LogP contribution in [0.2, 0.25) is 0 Å². The van der Waals surface area contributed by atoms with Crippen molar-refractivity contribution in [2.45, 2.75) is 32.6 Å². The van der Waals surface area contributed by atoms with Gasteiger partial charge in [-0.1, -0.05) is 6.92 Å². The van der Waals surface area contributed by atoms with Crippen molar-refractivity contribution in [1.29, 1.82) is 0 Å². The molecule has 0 amide bonds. The molecule has 0 radical (unpaired) electrons. The van der Waals surface area contributed by atoms with E-state index in [-0.39, 0.29) is 57.2 Å². The van der Waals surface area contributed by atoms with Crippen LogP contribution in [-0.4, -0.2) is 104 Å². The number of aliphatic hydroxyl groups is 3. The van der Waals surface area contributed by atoms with Gasteiger partial charge >= 0.3 is 17.9 Å². The highest BCUT2D eigenvalue weighted by Crippen LogP contribution is 2.39. The summed E-state index contributed by atoms with van der Waals surface area (Å²) in [5.74, 6) is -1.68. The second kappa shape index (κ2) is 19.6. The Morgan fingerprint density at radius 2 is 1.24 bits per heavy atom. The van der Waals surface area contributed by atoms with Gasteiger partial charge in [-0.05, 0) is 19.3 Å². The van der Waals surface area contributed by atoms with E-state index in [2.05, 4.69) is 0 Å². The molecule has 0 aromatic heterocycles. The van der Waals surface area contributed by atoms with Crippen LogP contribution >= 0.6 is 35.3 Å². The van der Waals surface area contributed by atoms with Gasteiger partial charge in [-0.3, -0.25) is 14.4 Å². The lowest BCUT2D eigenvalue weighted by Gasteiger charge is -2.36. The molecule has 0 aliphatic heterocycles. The third kappa shape index (κ3) is 15.0. The summed E-state index contributed by atoms with van der Waals surface area (Å²) >= 11 is 4.05. The number of hydrogen-bond donors (Lipinski definition) is 5. The van der Waals surface area contributed by atoms with Crippen LogP contribution in [0.15, 0.2) is 0 Å². The smallest absolute Gasteiger partial charge is 0.307 e. The van der Waals surface area contributed by atoms with Crippen molar-refractivity contribution >= 4 is 53.2 Å². The first kappa shape index (κ1) is 32.3. The number of hydrogen-bond acceptors (Lipinski definition) is 10. The molecule has 0 aliphatic rings. The van der Waals surface area contributed by atoms with Crippen molar-refractivity contribution in [2.24, 2.45) is 17.3 Å². The SMILES string of the molecule is CCC(COC(=O)CCSCCO)(CC(CSCCO)C(=O)O)CC(CSCCO)C(=O)O. The monoisotopic (exact) mass is 530 g/mol. The number of ether oxygens (including phenoxy) is 1. The van der Waals surface area contributed by atoms with E-state index < -0.39 is 35.2 Å². The summed E-state index contributed by atoms with van der Waals surface area (Å²) in [7, 11) is 0. The molecule has 0 bridgehead atoms. The molecule has 0 saturated heterocycles. The molecule has 0 heterocycles. The number of carboxylic acid groups (broad SMARTS) is 2. The third-order valence-corrected chi connectivity index (χ3v) is 8.32. The molecule has 9 nitrogen and oxygen atoms in total. The average molecular weight is 531 g/mol. The van der Waals surface area contributed by atoms with E-state index in [9.17, 15) is 24.6 Å². The molecular formula is C21H38O9S3. The highest BCUT2D eigenvalue weighted by Gasteiger charge is 2.39. The Morgan fingerprint density at radius 1 is 0.788 bits per heavy atom. The molecule has 0 rings (SSSR count). The molecule has 2 atom stereocenters. The second-order valence-corrected chi connectivity index (χ2v) is 11.2. The van der Waals surface area contributed by atoms with Gasteiger partial charge in [-0.2, -0.15) is 35.3 Å². The normalized spacial score (nSPS) is 14.9. The van der Waals surface area contributed by atoms with E-state index >= 15 is 0 Å². The highest BCUT2D eigenvalue weighted by atomic mass is 32.2. The van der Waals surface area contributed by atoms with Crippen LogP contribution < -0.4 is 0 Å². The summed E-state index contributed by atoms with van der Waals surface area (Å²) in [5, 5.41) is 46.3. The van der Waals surface area contributed by atoms with Gasteiger partial charge in [0.25, 0.3) is 0 Å². The lowest BCUT2D eigenvalue weighted by molar-refractivity contribution is -0.150. The van der Waals surface area contributed by atoms with Crippen molar-refractivity contribution in [3.05, 3.63) is 0 Å². The molecular weight excluding hydrogens is 492 g/mol. The van der Waals surface area contributed by atoms with Gasteiger partial charge in [0.1, 0.15) is 0 Å². The summed E-state index contributed by atoms with van der Waals surface area (Å²) in [4.78, 5) is 36.0. The van der Waals surface area contributed by atoms with Crippen LogP contribution in [0.5, 0.6) is 0 Å². The summed E-state index contributed by atoms with van der Waals surface area (Å²) in [5.41, 5.74) is -0.834. The number of aliphatic hydroxyl groups excluding tert-OH is 3. The standard InChI is InChI=1S/C21H38O9S3/c1-2-21(11-16(19(26)27)13-32-9-5-23,12-17(20(28)29)14-33-10-6-24)15-30-18(25)3-7-31-8-4-22/h16-17,22-24H,2-15H2,1H3,(H,26,27)(H,28,29). The van der Waals surface area contributed by atoms with Gasteiger partial charge in [0.15, 0.2) is 0 Å². The van der Waals surface area contributed by atoms with E-state index in [1.165, 1.54) is 35.3 Å². The predicted octanol–water partition coefficient (Wildman–Crippen LogP) is 1.67. The van der Waals surface area contributed by atoms with E-state index in [1.54, 1.807) is 0 Å². The maximum atomic E-state index is 12.2. The summed E-state index contributed by atoms with van der Waals surface area (Å²) in [6.45, 7) is 1.66. The number of esters is 1. The Kier molecular flexibility index (Phi) is 19.2. The van der Waals surface area contributed by atoms with Crippen LogP contribution in [0.3, 0.4) is 0 Å². The van der Waals surface area contributed by atoms with E-state index in [1.807, 2.05) is 6.92 Å². The molecule has 0 fully saturated rings. The highest BCUT2D eigenvalue weighted by molar-refractivity contribution is 7.99. The number of carboxylic acids is 2. The topological polar surface area (TPSA) is 162 Å². The van der Waals surface area contributed by atoms with E-state index in [0.29, 0.717) is 29.4 Å². The van der Waals surface area contributed by atoms with Crippen molar-refractivity contribution in [3.8, 4) is 0 Å². The lowest BCUT2D eigenvalue weighted by Crippen LogP contribution is -2.37. The van der Waals surface area contributed by atoms with Crippen molar-refractivity contribution in [1.82, 2.24) is 0 Å². The maximum absolute atomic E-state index is 12.2. The Labute approximate surface area is 208 Å². The average Bonchev–Trinajstić information content (AvgIpc) is 2.78. The maximum Gasteiger partial charge on any atom is 0.307 e. The number of carbonyl (C=O) groups excluding carboxylic acids is 1.